The lowest BCUT2D eigenvalue weighted by Gasteiger charge is -2.24. The molecule has 0 aliphatic carbocycles. The zero-order chi connectivity index (χ0) is 27.0. The Hall–Kier alpha value is -3.37. The fraction of sp³-hybridized carbons (Fsp3) is 0.357. The highest BCUT2D eigenvalue weighted by atomic mass is 32.2. The lowest BCUT2D eigenvalue weighted by Crippen LogP contribution is -2.36. The average molecular weight is 551 g/mol. The minimum absolute atomic E-state index is 0.109. The van der Waals surface area contributed by atoms with Crippen molar-refractivity contribution in [3.05, 3.63) is 70.5 Å². The van der Waals surface area contributed by atoms with Gasteiger partial charge in [-0.25, -0.2) is 18.4 Å². The molecule has 5 rings (SSSR count). The van der Waals surface area contributed by atoms with Crippen LogP contribution in [0.25, 0.3) is 21.7 Å². The molecule has 1 aliphatic rings. The normalized spacial score (nSPS) is 16.7. The Morgan fingerprint density at radius 1 is 1.11 bits per heavy atom. The summed E-state index contributed by atoms with van der Waals surface area (Å²) < 4.78 is 26.4. The number of carbonyl (C=O) groups excluding carboxylic acids is 1. The van der Waals surface area contributed by atoms with E-state index in [9.17, 15) is 18.0 Å². The molecule has 0 amide bonds. The summed E-state index contributed by atoms with van der Waals surface area (Å²) in [6, 6.07) is 16.3. The fourth-order valence-corrected chi connectivity index (χ4v) is 7.05. The van der Waals surface area contributed by atoms with Crippen molar-refractivity contribution in [1.82, 2.24) is 14.5 Å². The van der Waals surface area contributed by atoms with Crippen LogP contribution >= 0.6 is 11.3 Å². The van der Waals surface area contributed by atoms with Crippen LogP contribution in [0.15, 0.2) is 64.3 Å². The third-order valence-corrected chi connectivity index (χ3v) is 9.24. The third kappa shape index (κ3) is 4.90. The number of aromatic nitrogens is 3. The molecule has 0 bridgehead atoms. The summed E-state index contributed by atoms with van der Waals surface area (Å²) in [5.41, 5.74) is 1.44. The Balaban J connectivity index is 1.51. The van der Waals surface area contributed by atoms with Gasteiger partial charge in [0, 0.05) is 31.3 Å². The zero-order valence-electron chi connectivity index (χ0n) is 21.6. The molecular weight excluding hydrogens is 520 g/mol. The first-order valence-electron chi connectivity index (χ1n) is 12.7. The third-order valence-electron chi connectivity index (χ3n) is 7.10. The van der Waals surface area contributed by atoms with Gasteiger partial charge < -0.3 is 4.90 Å². The summed E-state index contributed by atoms with van der Waals surface area (Å²) in [6.45, 7) is 4.88. The molecule has 2 aromatic heterocycles. The molecule has 8 nitrogen and oxygen atoms in total. The maximum absolute atomic E-state index is 13.5. The van der Waals surface area contributed by atoms with Crippen LogP contribution in [0.2, 0.25) is 0 Å². The van der Waals surface area contributed by atoms with Crippen LogP contribution in [0.5, 0.6) is 0 Å². The Bertz CT molecular complexity index is 1660. The van der Waals surface area contributed by atoms with Gasteiger partial charge in [0.25, 0.3) is 5.56 Å². The largest absolute Gasteiger partial charge is 0.338 e. The molecule has 1 saturated heterocycles. The van der Waals surface area contributed by atoms with Crippen molar-refractivity contribution in [2.24, 2.45) is 0 Å². The molecular formula is C28H30N4O4S2. The predicted octanol–water partition coefficient (Wildman–Crippen LogP) is 4.68. The number of carbonyl (C=O) groups is 1. The number of hydrogen-bond donors (Lipinski definition) is 0. The SMILES string of the molecule is CCn1c(-c2ccccc2S(C)(=O)=O)nc2sc(N3CCCC3C(=O)C[C@H](C)c3ccccc3)nc2c1=O. The predicted molar refractivity (Wildman–Crippen MR) is 151 cm³/mol. The van der Waals surface area contributed by atoms with Gasteiger partial charge in [0.05, 0.1) is 10.9 Å². The lowest BCUT2D eigenvalue weighted by molar-refractivity contribution is -0.120. The average Bonchev–Trinajstić information content (AvgIpc) is 3.56. The van der Waals surface area contributed by atoms with E-state index in [1.54, 1.807) is 18.2 Å². The highest BCUT2D eigenvalue weighted by Crippen LogP contribution is 2.35. The topological polar surface area (TPSA) is 102 Å². The van der Waals surface area contributed by atoms with Crippen molar-refractivity contribution in [2.45, 2.75) is 56.5 Å². The van der Waals surface area contributed by atoms with Gasteiger partial charge in [0.1, 0.15) is 5.82 Å². The number of Topliss-reactive ketones (excluding diaryl/α,β-unsaturated/α-hetero) is 1. The van der Waals surface area contributed by atoms with Crippen molar-refractivity contribution < 1.29 is 13.2 Å². The van der Waals surface area contributed by atoms with Crippen LogP contribution in [0.4, 0.5) is 5.13 Å². The summed E-state index contributed by atoms with van der Waals surface area (Å²) in [6.07, 6.45) is 3.19. The van der Waals surface area contributed by atoms with Gasteiger partial charge in [-0.2, -0.15) is 0 Å². The number of hydrogen-bond acceptors (Lipinski definition) is 8. The van der Waals surface area contributed by atoms with E-state index in [0.717, 1.165) is 24.7 Å². The number of thiazole rings is 1. The smallest absolute Gasteiger partial charge is 0.281 e. The monoisotopic (exact) mass is 550 g/mol. The van der Waals surface area contributed by atoms with Crippen LogP contribution in [-0.4, -0.2) is 47.6 Å². The molecule has 0 N–H and O–H groups in total. The van der Waals surface area contributed by atoms with Crippen LogP contribution in [0.1, 0.15) is 44.6 Å². The Kier molecular flexibility index (Phi) is 7.19. The van der Waals surface area contributed by atoms with Crippen molar-refractivity contribution in [1.29, 1.82) is 0 Å². The van der Waals surface area contributed by atoms with Crippen LogP contribution in [0, 0.1) is 0 Å². The quantitative estimate of drug-likeness (QED) is 0.314. The summed E-state index contributed by atoms with van der Waals surface area (Å²) in [5, 5.41) is 0.601. The zero-order valence-corrected chi connectivity index (χ0v) is 23.3. The van der Waals surface area contributed by atoms with E-state index in [0.29, 0.717) is 40.9 Å². The minimum atomic E-state index is -3.54. The molecule has 0 spiro atoms. The number of rotatable bonds is 8. The Morgan fingerprint density at radius 3 is 2.53 bits per heavy atom. The second-order valence-electron chi connectivity index (χ2n) is 9.74. The van der Waals surface area contributed by atoms with E-state index in [2.05, 4.69) is 11.9 Å². The minimum Gasteiger partial charge on any atom is -0.338 e. The van der Waals surface area contributed by atoms with Crippen molar-refractivity contribution in [3.63, 3.8) is 0 Å². The van der Waals surface area contributed by atoms with Crippen LogP contribution < -0.4 is 10.5 Å². The first-order chi connectivity index (χ1) is 18.2. The van der Waals surface area contributed by atoms with Crippen molar-refractivity contribution in [3.8, 4) is 11.4 Å². The van der Waals surface area contributed by atoms with Gasteiger partial charge >= 0.3 is 0 Å². The molecule has 3 heterocycles. The second-order valence-corrected chi connectivity index (χ2v) is 12.7. The van der Waals surface area contributed by atoms with E-state index in [1.165, 1.54) is 22.0 Å². The highest BCUT2D eigenvalue weighted by Gasteiger charge is 2.34. The standard InChI is InChI=1S/C28H30N4O4S2/c1-4-31-25(20-13-8-9-15-23(20)38(3,35)36)30-26-24(27(31)34)29-28(37-26)32-16-10-14-21(32)22(33)17-18(2)19-11-6-5-7-12-19/h5-9,11-13,15,18,21H,4,10,14,16-17H2,1-3H3/t18-,21?/m0/s1. The lowest BCUT2D eigenvalue weighted by atomic mass is 9.93. The molecule has 2 atom stereocenters. The van der Waals surface area contributed by atoms with E-state index < -0.39 is 9.84 Å². The number of benzene rings is 2. The van der Waals surface area contributed by atoms with Gasteiger partial charge in [-0.1, -0.05) is 60.7 Å². The van der Waals surface area contributed by atoms with E-state index in [4.69, 9.17) is 4.98 Å². The molecule has 1 unspecified atom stereocenters. The van der Waals surface area contributed by atoms with Crippen LogP contribution in [0.3, 0.4) is 0 Å². The molecule has 38 heavy (non-hydrogen) atoms. The molecule has 1 aliphatic heterocycles. The maximum atomic E-state index is 13.5. The molecule has 0 saturated carbocycles. The summed E-state index contributed by atoms with van der Waals surface area (Å²) in [7, 11) is -3.54. The van der Waals surface area contributed by atoms with Gasteiger partial charge in [-0.05, 0) is 43.4 Å². The maximum Gasteiger partial charge on any atom is 0.281 e. The molecule has 4 aromatic rings. The summed E-state index contributed by atoms with van der Waals surface area (Å²) >= 11 is 1.28. The van der Waals surface area contributed by atoms with E-state index >= 15 is 0 Å². The van der Waals surface area contributed by atoms with Gasteiger partial charge in [-0.3, -0.25) is 14.2 Å². The first kappa shape index (κ1) is 26.2. The fourth-order valence-electron chi connectivity index (χ4n) is 5.16. The summed E-state index contributed by atoms with van der Waals surface area (Å²) in [5.74, 6) is 0.573. The van der Waals surface area contributed by atoms with Gasteiger partial charge in [0.15, 0.2) is 31.1 Å². The van der Waals surface area contributed by atoms with E-state index in [1.807, 2.05) is 42.2 Å². The molecule has 2 aromatic carbocycles. The molecule has 198 valence electrons. The first-order valence-corrected chi connectivity index (χ1v) is 15.4. The van der Waals surface area contributed by atoms with E-state index in [-0.39, 0.29) is 33.7 Å². The van der Waals surface area contributed by atoms with Crippen molar-refractivity contribution >= 4 is 42.4 Å². The molecule has 0 radical (unpaired) electrons. The molecule has 1 fully saturated rings. The van der Waals surface area contributed by atoms with Crippen LogP contribution in [-0.2, 0) is 21.2 Å². The number of nitrogens with zero attached hydrogens (tertiary/aromatic N) is 4. The number of sulfone groups is 1. The second kappa shape index (κ2) is 10.4. The van der Waals surface area contributed by atoms with Gasteiger partial charge in [0.2, 0.25) is 0 Å². The van der Waals surface area contributed by atoms with Gasteiger partial charge in [-0.15, -0.1) is 0 Å². The number of anilines is 1. The Morgan fingerprint density at radius 2 is 1.82 bits per heavy atom. The summed E-state index contributed by atoms with van der Waals surface area (Å²) in [4.78, 5) is 38.8. The highest BCUT2D eigenvalue weighted by molar-refractivity contribution is 7.90. The van der Waals surface area contributed by atoms with Crippen molar-refractivity contribution in [2.75, 3.05) is 17.7 Å². The number of fused-ring (bicyclic) bond motifs is 1. The molecule has 10 heteroatoms. The Labute approximate surface area is 225 Å². The number of ketones is 1.